The summed E-state index contributed by atoms with van der Waals surface area (Å²) >= 11 is 6.48. The number of hydrogen-bond donors (Lipinski definition) is 0. The van der Waals surface area contributed by atoms with Crippen LogP contribution in [0.3, 0.4) is 0 Å². The standard InChI is InChI=1S/C28H24ClN5O6/c1-2-38-25(36)16-39-20-7-8-21(22(29)13-20)28(37)33-15-24(35)34(14-19-5-3-4-6-23(19)33)26(27-32-31-17-40-27)18-9-11-30-12-10-18/h3-13,17,26H,2,14-16H2,1H3. The minimum atomic E-state index is -0.694. The maximum absolute atomic E-state index is 13.8. The molecule has 204 valence electrons. The van der Waals surface area contributed by atoms with Gasteiger partial charge in [0.25, 0.3) is 5.91 Å². The van der Waals surface area contributed by atoms with E-state index >= 15 is 0 Å². The van der Waals surface area contributed by atoms with Crippen LogP contribution in [0.2, 0.25) is 5.02 Å². The van der Waals surface area contributed by atoms with Gasteiger partial charge in [-0.25, -0.2) is 4.79 Å². The van der Waals surface area contributed by atoms with Crippen LogP contribution in [0.5, 0.6) is 5.75 Å². The quantitative estimate of drug-likeness (QED) is 0.295. The van der Waals surface area contributed by atoms with Crippen LogP contribution in [0.15, 0.2) is 77.8 Å². The molecule has 0 bridgehead atoms. The van der Waals surface area contributed by atoms with Gasteiger partial charge >= 0.3 is 5.97 Å². The number of hydrogen-bond acceptors (Lipinski definition) is 9. The number of fused-ring (bicyclic) bond motifs is 1. The van der Waals surface area contributed by atoms with Crippen LogP contribution in [0.25, 0.3) is 0 Å². The number of amides is 2. The van der Waals surface area contributed by atoms with E-state index in [0.717, 1.165) is 11.1 Å². The van der Waals surface area contributed by atoms with E-state index in [0.29, 0.717) is 11.4 Å². The molecule has 2 aromatic heterocycles. The van der Waals surface area contributed by atoms with E-state index in [9.17, 15) is 14.4 Å². The molecule has 4 aromatic rings. The molecular weight excluding hydrogens is 538 g/mol. The van der Waals surface area contributed by atoms with Crippen molar-refractivity contribution in [3.05, 3.63) is 101 Å². The van der Waals surface area contributed by atoms with Crippen molar-refractivity contribution in [2.45, 2.75) is 19.5 Å². The van der Waals surface area contributed by atoms with E-state index < -0.39 is 17.9 Å². The molecule has 1 aliphatic rings. The van der Waals surface area contributed by atoms with Crippen LogP contribution < -0.4 is 9.64 Å². The normalized spacial score (nSPS) is 13.8. The number of para-hydroxylation sites is 1. The molecule has 2 amide bonds. The molecule has 0 saturated heterocycles. The van der Waals surface area contributed by atoms with Gasteiger partial charge in [-0.2, -0.15) is 0 Å². The second-order valence-electron chi connectivity index (χ2n) is 8.74. The number of aromatic nitrogens is 3. The number of esters is 1. The lowest BCUT2D eigenvalue weighted by Crippen LogP contribution is -2.42. The first-order valence-corrected chi connectivity index (χ1v) is 12.8. The smallest absolute Gasteiger partial charge is 0.344 e. The van der Waals surface area contributed by atoms with Crippen molar-refractivity contribution in [3.63, 3.8) is 0 Å². The van der Waals surface area contributed by atoms with Gasteiger partial charge < -0.3 is 18.8 Å². The maximum Gasteiger partial charge on any atom is 0.344 e. The lowest BCUT2D eigenvalue weighted by Gasteiger charge is -2.29. The van der Waals surface area contributed by atoms with Crippen LogP contribution in [0.1, 0.15) is 40.3 Å². The third kappa shape index (κ3) is 5.64. The molecule has 12 heteroatoms. The van der Waals surface area contributed by atoms with Crippen LogP contribution >= 0.6 is 11.6 Å². The Bertz CT molecular complexity index is 1510. The zero-order valence-corrected chi connectivity index (χ0v) is 22.2. The first-order chi connectivity index (χ1) is 19.5. The Balaban J connectivity index is 1.46. The Morgan fingerprint density at radius 1 is 1.10 bits per heavy atom. The Morgan fingerprint density at radius 3 is 2.62 bits per heavy atom. The first kappa shape index (κ1) is 26.8. The molecule has 0 saturated carbocycles. The second-order valence-corrected chi connectivity index (χ2v) is 9.14. The highest BCUT2D eigenvalue weighted by Gasteiger charge is 2.36. The summed E-state index contributed by atoms with van der Waals surface area (Å²) in [6.45, 7) is 1.57. The Hall–Kier alpha value is -4.77. The number of nitrogens with zero attached hydrogens (tertiary/aromatic N) is 5. The molecule has 1 unspecified atom stereocenters. The molecule has 2 aromatic carbocycles. The highest BCUT2D eigenvalue weighted by Crippen LogP contribution is 2.35. The molecular formula is C28H24ClN5O6. The third-order valence-corrected chi connectivity index (χ3v) is 6.57. The summed E-state index contributed by atoms with van der Waals surface area (Å²) < 4.78 is 15.8. The van der Waals surface area contributed by atoms with E-state index in [4.69, 9.17) is 25.5 Å². The largest absolute Gasteiger partial charge is 0.482 e. The number of benzene rings is 2. The van der Waals surface area contributed by atoms with Gasteiger partial charge in [-0.1, -0.05) is 29.8 Å². The molecule has 3 heterocycles. The monoisotopic (exact) mass is 561 g/mol. The van der Waals surface area contributed by atoms with E-state index in [-0.39, 0.29) is 48.7 Å². The summed E-state index contributed by atoms with van der Waals surface area (Å²) in [5.41, 5.74) is 2.21. The van der Waals surface area contributed by atoms with Gasteiger partial charge in [0.2, 0.25) is 18.2 Å². The van der Waals surface area contributed by atoms with E-state index in [1.165, 1.54) is 29.5 Å². The zero-order chi connectivity index (χ0) is 28.1. The summed E-state index contributed by atoms with van der Waals surface area (Å²) in [6.07, 6.45) is 4.44. The van der Waals surface area contributed by atoms with E-state index in [1.54, 1.807) is 48.5 Å². The summed E-state index contributed by atoms with van der Waals surface area (Å²) in [6, 6.07) is 14.6. The van der Waals surface area contributed by atoms with Crippen LogP contribution in [0.4, 0.5) is 5.69 Å². The van der Waals surface area contributed by atoms with Gasteiger partial charge in [0, 0.05) is 24.6 Å². The van der Waals surface area contributed by atoms with Crippen molar-refractivity contribution in [2.24, 2.45) is 0 Å². The fraction of sp³-hybridized carbons (Fsp3) is 0.214. The molecule has 5 rings (SSSR count). The van der Waals surface area contributed by atoms with Crippen LogP contribution in [-0.2, 0) is 20.9 Å². The number of carbonyl (C=O) groups is 3. The average molecular weight is 562 g/mol. The van der Waals surface area contributed by atoms with Gasteiger partial charge in [0.15, 0.2) is 6.61 Å². The molecule has 0 N–H and O–H groups in total. The Morgan fingerprint density at radius 2 is 1.90 bits per heavy atom. The topological polar surface area (TPSA) is 128 Å². The number of carbonyl (C=O) groups excluding carboxylic acids is 3. The van der Waals surface area contributed by atoms with Gasteiger partial charge in [0.1, 0.15) is 18.3 Å². The zero-order valence-electron chi connectivity index (χ0n) is 21.4. The highest BCUT2D eigenvalue weighted by molar-refractivity contribution is 6.34. The third-order valence-electron chi connectivity index (χ3n) is 6.26. The fourth-order valence-corrected chi connectivity index (χ4v) is 4.71. The molecule has 1 aliphatic heterocycles. The summed E-state index contributed by atoms with van der Waals surface area (Å²) in [4.78, 5) is 46.3. The lowest BCUT2D eigenvalue weighted by atomic mass is 10.1. The lowest BCUT2D eigenvalue weighted by molar-refractivity contribution is -0.145. The maximum atomic E-state index is 13.8. The summed E-state index contributed by atoms with van der Waals surface area (Å²) in [5.74, 6) is -0.794. The summed E-state index contributed by atoms with van der Waals surface area (Å²) in [5, 5.41) is 7.99. The molecule has 0 aliphatic carbocycles. The van der Waals surface area contributed by atoms with Gasteiger partial charge in [-0.3, -0.25) is 19.5 Å². The first-order valence-electron chi connectivity index (χ1n) is 12.4. The molecule has 11 nitrogen and oxygen atoms in total. The Labute approximate surface area is 234 Å². The van der Waals surface area contributed by atoms with Crippen LogP contribution in [-0.4, -0.2) is 57.6 Å². The number of anilines is 1. The summed E-state index contributed by atoms with van der Waals surface area (Å²) in [7, 11) is 0. The van der Waals surface area contributed by atoms with Gasteiger partial charge in [0.05, 0.1) is 17.2 Å². The minimum absolute atomic E-state index is 0.109. The van der Waals surface area contributed by atoms with Crippen molar-refractivity contribution in [1.82, 2.24) is 20.1 Å². The second kappa shape index (κ2) is 12.0. The predicted molar refractivity (Wildman–Crippen MR) is 143 cm³/mol. The molecule has 0 fully saturated rings. The predicted octanol–water partition coefficient (Wildman–Crippen LogP) is 3.84. The SMILES string of the molecule is CCOC(=O)COc1ccc(C(=O)N2CC(=O)N(C(c3ccncc3)c3nnco3)Cc3ccccc32)c(Cl)c1. The number of pyridine rings is 1. The van der Waals surface area contributed by atoms with Crippen molar-refractivity contribution >= 4 is 35.1 Å². The minimum Gasteiger partial charge on any atom is -0.482 e. The average Bonchev–Trinajstić information content (AvgIpc) is 3.45. The molecule has 0 spiro atoms. The van der Waals surface area contributed by atoms with Crippen molar-refractivity contribution < 1.29 is 28.3 Å². The fourth-order valence-electron chi connectivity index (χ4n) is 4.46. The highest BCUT2D eigenvalue weighted by atomic mass is 35.5. The molecule has 40 heavy (non-hydrogen) atoms. The molecule has 1 atom stereocenters. The van der Waals surface area contributed by atoms with Gasteiger partial charge in [-0.05, 0) is 54.4 Å². The van der Waals surface area contributed by atoms with Crippen molar-refractivity contribution in [2.75, 3.05) is 24.7 Å². The van der Waals surface area contributed by atoms with Crippen LogP contribution in [0, 0.1) is 0 Å². The van der Waals surface area contributed by atoms with Crippen molar-refractivity contribution in [1.29, 1.82) is 0 Å². The van der Waals surface area contributed by atoms with E-state index in [1.807, 2.05) is 12.1 Å². The Kier molecular flexibility index (Phi) is 8.02. The van der Waals surface area contributed by atoms with Crippen molar-refractivity contribution in [3.8, 4) is 5.75 Å². The van der Waals surface area contributed by atoms with E-state index in [2.05, 4.69) is 15.2 Å². The molecule has 0 radical (unpaired) electrons. The number of rotatable bonds is 8. The number of halogens is 1. The number of ether oxygens (including phenoxy) is 2. The van der Waals surface area contributed by atoms with Gasteiger partial charge in [-0.15, -0.1) is 10.2 Å².